The first kappa shape index (κ1) is 22.7. The third kappa shape index (κ3) is 4.23. The van der Waals surface area contributed by atoms with Gasteiger partial charge >= 0.3 is 6.55 Å². The molecule has 0 saturated carbocycles. The van der Waals surface area contributed by atoms with Gasteiger partial charge in [0.25, 0.3) is 0 Å². The highest BCUT2D eigenvalue weighted by Crippen LogP contribution is 2.38. The third-order valence-corrected chi connectivity index (χ3v) is 6.22. The summed E-state index contributed by atoms with van der Waals surface area (Å²) in [5, 5.41) is 3.98. The number of nitrogens with zero attached hydrogens (tertiary/aromatic N) is 6. The van der Waals surface area contributed by atoms with Crippen molar-refractivity contribution in [2.45, 2.75) is 45.3 Å². The molecule has 0 N–H and O–H groups in total. The maximum atomic E-state index is 14.9. The Morgan fingerprint density at radius 1 is 1.12 bits per heavy atom. The lowest BCUT2D eigenvalue weighted by Gasteiger charge is -2.28. The average molecular weight is 489 g/mol. The summed E-state index contributed by atoms with van der Waals surface area (Å²) < 4.78 is 47.2. The summed E-state index contributed by atoms with van der Waals surface area (Å²) in [4.78, 5) is 18.6. The van der Waals surface area contributed by atoms with E-state index >= 15 is 0 Å². The number of hydrogen-bond donors (Lipinski definition) is 0. The van der Waals surface area contributed by atoms with Crippen LogP contribution in [-0.2, 0) is 4.74 Å². The predicted octanol–water partition coefficient (Wildman–Crippen LogP) is 5.72. The summed E-state index contributed by atoms with van der Waals surface area (Å²) in [6.45, 7) is 1.32. The van der Waals surface area contributed by atoms with Crippen LogP contribution in [0.4, 0.5) is 13.2 Å². The minimum atomic E-state index is -2.72. The molecule has 1 aromatic carbocycles. The van der Waals surface area contributed by atoms with E-state index in [1.807, 2.05) is 13.8 Å². The van der Waals surface area contributed by atoms with Crippen LogP contribution in [0.5, 0.6) is 0 Å². The Kier molecular flexibility index (Phi) is 5.95. The van der Waals surface area contributed by atoms with Crippen molar-refractivity contribution in [1.29, 1.82) is 0 Å². The zero-order valence-corrected chi connectivity index (χ0v) is 19.1. The molecule has 1 aliphatic rings. The van der Waals surface area contributed by atoms with E-state index in [2.05, 4.69) is 20.1 Å². The number of aromatic nitrogens is 6. The predicted molar refractivity (Wildman–Crippen MR) is 119 cm³/mol. The number of ether oxygens (including phenoxy) is 1. The van der Waals surface area contributed by atoms with E-state index in [1.54, 1.807) is 12.1 Å². The van der Waals surface area contributed by atoms with Crippen molar-refractivity contribution in [2.75, 3.05) is 6.61 Å². The van der Waals surface area contributed by atoms with Gasteiger partial charge in [0.1, 0.15) is 22.9 Å². The van der Waals surface area contributed by atoms with E-state index in [1.165, 1.54) is 18.5 Å². The van der Waals surface area contributed by atoms with Gasteiger partial charge in [-0.1, -0.05) is 11.6 Å². The number of fused-ring (bicyclic) bond motifs is 1. The van der Waals surface area contributed by atoms with Gasteiger partial charge in [0, 0.05) is 34.9 Å². The van der Waals surface area contributed by atoms with Gasteiger partial charge in [0.15, 0.2) is 5.65 Å². The minimum absolute atomic E-state index is 0.157. The minimum Gasteiger partial charge on any atom is -0.373 e. The fraction of sp³-hybridized carbons (Fsp3) is 0.348. The van der Waals surface area contributed by atoms with Gasteiger partial charge in [-0.15, -0.1) is 0 Å². The molecule has 34 heavy (non-hydrogen) atoms. The van der Waals surface area contributed by atoms with Gasteiger partial charge in [0.05, 0.1) is 23.7 Å². The zero-order chi connectivity index (χ0) is 24.0. The van der Waals surface area contributed by atoms with Gasteiger partial charge in [-0.25, -0.2) is 29.0 Å². The molecule has 0 aliphatic carbocycles. The van der Waals surface area contributed by atoms with Crippen LogP contribution in [0.15, 0.2) is 30.6 Å². The SMILES string of the molecule is Cc1nc2nc([C@@H]3CCO[C@H](c4cnn(C(F)F)c4)C3)nc(-c3ccc(Cl)cc3F)c2nc1C. The van der Waals surface area contributed by atoms with Gasteiger partial charge in [-0.2, -0.15) is 13.9 Å². The molecule has 0 unspecified atom stereocenters. The van der Waals surface area contributed by atoms with Crippen molar-refractivity contribution in [2.24, 2.45) is 0 Å². The van der Waals surface area contributed by atoms with Gasteiger partial charge in [-0.05, 0) is 44.9 Å². The molecule has 4 heterocycles. The summed E-state index contributed by atoms with van der Waals surface area (Å²) >= 11 is 5.95. The van der Waals surface area contributed by atoms with Gasteiger partial charge < -0.3 is 4.74 Å². The van der Waals surface area contributed by atoms with E-state index in [0.29, 0.717) is 63.8 Å². The Balaban J connectivity index is 1.58. The molecular formula is C23H20ClF3N6O. The van der Waals surface area contributed by atoms with E-state index in [4.69, 9.17) is 21.3 Å². The number of halogens is 4. The average Bonchev–Trinajstić information content (AvgIpc) is 3.31. The summed E-state index contributed by atoms with van der Waals surface area (Å²) in [7, 11) is 0. The Labute approximate surface area is 198 Å². The Bertz CT molecular complexity index is 1380. The Morgan fingerprint density at radius 3 is 2.65 bits per heavy atom. The summed E-state index contributed by atoms with van der Waals surface area (Å²) in [5.41, 5.74) is 3.31. The normalized spacial score (nSPS) is 18.7. The van der Waals surface area contributed by atoms with Crippen LogP contribution in [0.3, 0.4) is 0 Å². The van der Waals surface area contributed by atoms with Crippen molar-refractivity contribution in [3.63, 3.8) is 0 Å². The number of alkyl halides is 2. The van der Waals surface area contributed by atoms with E-state index in [9.17, 15) is 13.2 Å². The maximum absolute atomic E-state index is 14.9. The van der Waals surface area contributed by atoms with Crippen LogP contribution in [0, 0.1) is 19.7 Å². The lowest BCUT2D eigenvalue weighted by atomic mass is 9.92. The molecule has 7 nitrogen and oxygen atoms in total. The maximum Gasteiger partial charge on any atom is 0.333 e. The second kappa shape index (κ2) is 8.92. The molecule has 176 valence electrons. The highest BCUT2D eigenvalue weighted by Gasteiger charge is 2.30. The molecule has 0 spiro atoms. The molecule has 0 amide bonds. The first-order valence-corrected chi connectivity index (χ1v) is 11.1. The van der Waals surface area contributed by atoms with E-state index in [0.717, 1.165) is 0 Å². The molecule has 11 heteroatoms. The molecule has 1 saturated heterocycles. The lowest BCUT2D eigenvalue weighted by molar-refractivity contribution is 0.00350. The zero-order valence-electron chi connectivity index (χ0n) is 18.3. The van der Waals surface area contributed by atoms with Crippen LogP contribution in [0.2, 0.25) is 5.02 Å². The first-order valence-electron chi connectivity index (χ1n) is 10.7. The molecule has 2 atom stereocenters. The van der Waals surface area contributed by atoms with Crippen molar-refractivity contribution in [3.05, 3.63) is 64.2 Å². The van der Waals surface area contributed by atoms with E-state index in [-0.39, 0.29) is 16.5 Å². The molecule has 3 aromatic heterocycles. The fourth-order valence-electron chi connectivity index (χ4n) is 4.07. The Hall–Kier alpha value is -3.11. The summed E-state index contributed by atoms with van der Waals surface area (Å²) in [6, 6.07) is 4.38. The quantitative estimate of drug-likeness (QED) is 0.365. The second-order valence-corrected chi connectivity index (χ2v) is 8.67. The Morgan fingerprint density at radius 2 is 1.91 bits per heavy atom. The smallest absolute Gasteiger partial charge is 0.333 e. The monoisotopic (exact) mass is 488 g/mol. The van der Waals surface area contributed by atoms with Crippen LogP contribution < -0.4 is 0 Å². The highest BCUT2D eigenvalue weighted by molar-refractivity contribution is 6.30. The van der Waals surface area contributed by atoms with Crippen LogP contribution in [0.25, 0.3) is 22.4 Å². The van der Waals surface area contributed by atoms with Crippen molar-refractivity contribution < 1.29 is 17.9 Å². The van der Waals surface area contributed by atoms with E-state index < -0.39 is 18.5 Å². The van der Waals surface area contributed by atoms with Crippen molar-refractivity contribution >= 4 is 22.8 Å². The molecule has 1 aliphatic heterocycles. The standard InChI is InChI=1S/C23H20ClF3N6O/c1-11-12(2)30-22-20(29-11)19(16-4-3-15(24)8-17(16)25)31-21(32-22)13-5-6-34-18(7-13)14-9-28-33(10-14)23(26)27/h3-4,8-10,13,18,23H,5-7H2,1-2H3/t13-,18+/m1/s1. The van der Waals surface area contributed by atoms with Gasteiger partial charge in [-0.3, -0.25) is 0 Å². The second-order valence-electron chi connectivity index (χ2n) is 8.23. The molecule has 0 radical (unpaired) electrons. The van der Waals surface area contributed by atoms with Crippen molar-refractivity contribution in [3.8, 4) is 11.3 Å². The number of rotatable bonds is 4. The summed E-state index contributed by atoms with van der Waals surface area (Å²) in [6.07, 6.45) is 3.30. The van der Waals surface area contributed by atoms with Crippen molar-refractivity contribution in [1.82, 2.24) is 29.7 Å². The third-order valence-electron chi connectivity index (χ3n) is 5.99. The first-order chi connectivity index (χ1) is 16.3. The fourth-order valence-corrected chi connectivity index (χ4v) is 4.23. The van der Waals surface area contributed by atoms with Crippen LogP contribution in [0.1, 0.15) is 54.2 Å². The lowest BCUT2D eigenvalue weighted by Crippen LogP contribution is -2.20. The topological polar surface area (TPSA) is 78.6 Å². The molecule has 4 aromatic rings. The summed E-state index contributed by atoms with van der Waals surface area (Å²) in [5.74, 6) is -0.206. The molecule has 0 bridgehead atoms. The molecule has 5 rings (SSSR count). The highest BCUT2D eigenvalue weighted by atomic mass is 35.5. The molecular weight excluding hydrogens is 469 g/mol. The molecule has 1 fully saturated rings. The largest absolute Gasteiger partial charge is 0.373 e. The number of aryl methyl sites for hydroxylation is 2. The number of hydrogen-bond acceptors (Lipinski definition) is 6. The number of benzene rings is 1. The van der Waals surface area contributed by atoms with Crippen LogP contribution >= 0.6 is 11.6 Å². The van der Waals surface area contributed by atoms with Gasteiger partial charge in [0.2, 0.25) is 0 Å². The van der Waals surface area contributed by atoms with Crippen LogP contribution in [-0.4, -0.2) is 36.3 Å².